The zero-order valence-corrected chi connectivity index (χ0v) is 32.1. The normalized spacial score (nSPS) is 14.4. The Balaban J connectivity index is 0.796. The van der Waals surface area contributed by atoms with E-state index in [9.17, 15) is 21.6 Å². The van der Waals surface area contributed by atoms with E-state index in [1.54, 1.807) is 12.1 Å². The zero-order valence-electron chi connectivity index (χ0n) is 30.5. The number of rotatable bonds is 14. The number of fused-ring (bicyclic) bond motifs is 2. The third-order valence-corrected chi connectivity index (χ3v) is 13.8. The number of carbonyl (C=O) groups is 1. The van der Waals surface area contributed by atoms with Gasteiger partial charge in [-0.2, -0.15) is 8.61 Å². The first kappa shape index (κ1) is 37.5. The molecule has 6 aromatic rings. The van der Waals surface area contributed by atoms with E-state index in [0.717, 1.165) is 56.0 Å². The van der Waals surface area contributed by atoms with Gasteiger partial charge in [0.25, 0.3) is 0 Å². The Hall–Kier alpha value is -5.41. The second kappa shape index (κ2) is 16.0. The predicted octanol–water partition coefficient (Wildman–Crippen LogP) is 5.94. The fraction of sp³-hybridized carbons (Fsp3) is 0.186. The van der Waals surface area contributed by atoms with Crippen molar-refractivity contribution in [2.24, 2.45) is 0 Å². The summed E-state index contributed by atoms with van der Waals surface area (Å²) in [4.78, 5) is 20.9. The van der Waals surface area contributed by atoms with Gasteiger partial charge in [0.15, 0.2) is 0 Å². The van der Waals surface area contributed by atoms with E-state index in [1.165, 1.54) is 32.9 Å². The quantitative estimate of drug-likeness (QED) is 0.128. The first-order valence-corrected chi connectivity index (χ1v) is 21.2. The number of nitrogens with one attached hydrogen (secondary N) is 2. The van der Waals surface area contributed by atoms with Gasteiger partial charge in [-0.15, -0.1) is 0 Å². The van der Waals surface area contributed by atoms with Crippen molar-refractivity contribution in [1.82, 2.24) is 29.2 Å². The van der Waals surface area contributed by atoms with Gasteiger partial charge in [-0.3, -0.25) is 14.8 Å². The van der Waals surface area contributed by atoms with Crippen molar-refractivity contribution >= 4 is 26.3 Å². The molecule has 284 valence electrons. The molecule has 0 atom stereocenters. The molecule has 2 aromatic heterocycles. The number of sulfonamides is 2. The van der Waals surface area contributed by atoms with E-state index in [1.807, 2.05) is 91.1 Å². The number of pyridine rings is 2. The third kappa shape index (κ3) is 8.10. The van der Waals surface area contributed by atoms with Gasteiger partial charge in [0.1, 0.15) is 6.29 Å². The largest absolute Gasteiger partial charge is 0.307 e. The van der Waals surface area contributed by atoms with Crippen LogP contribution in [0.5, 0.6) is 0 Å². The minimum absolute atomic E-state index is 0.169. The molecule has 2 N–H and O–H groups in total. The second-order valence-corrected chi connectivity index (χ2v) is 17.9. The molecule has 2 aliphatic heterocycles. The average Bonchev–Trinajstić information content (AvgIpc) is 3.87. The maximum atomic E-state index is 13.3. The molecule has 4 heterocycles. The lowest BCUT2D eigenvalue weighted by Crippen LogP contribution is -2.25. The summed E-state index contributed by atoms with van der Waals surface area (Å²) in [7, 11) is -7.28. The molecule has 0 bridgehead atoms. The highest BCUT2D eigenvalue weighted by atomic mass is 32.2. The molecular weight excluding hydrogens is 745 g/mol. The van der Waals surface area contributed by atoms with Crippen LogP contribution in [0.1, 0.15) is 55.3 Å². The van der Waals surface area contributed by atoms with Crippen molar-refractivity contribution in [2.75, 3.05) is 0 Å². The van der Waals surface area contributed by atoms with Crippen molar-refractivity contribution in [2.45, 2.75) is 62.1 Å². The van der Waals surface area contributed by atoms with Crippen LogP contribution in [0.2, 0.25) is 0 Å². The van der Waals surface area contributed by atoms with E-state index < -0.39 is 20.0 Å². The van der Waals surface area contributed by atoms with Gasteiger partial charge in [-0.1, -0.05) is 72.8 Å². The molecule has 8 rings (SSSR count). The Morgan fingerprint density at radius 1 is 0.536 bits per heavy atom. The molecule has 4 aromatic carbocycles. The van der Waals surface area contributed by atoms with Gasteiger partial charge < -0.3 is 10.6 Å². The highest BCUT2D eigenvalue weighted by Gasteiger charge is 2.32. The Morgan fingerprint density at radius 3 is 1.66 bits per heavy atom. The maximum Gasteiger partial charge on any atom is 0.243 e. The monoisotopic (exact) mass is 784 g/mol. The average molecular weight is 785 g/mol. The predicted molar refractivity (Wildman–Crippen MR) is 213 cm³/mol. The van der Waals surface area contributed by atoms with Crippen LogP contribution < -0.4 is 10.6 Å². The molecule has 0 unspecified atom stereocenters. The Labute approximate surface area is 327 Å². The van der Waals surface area contributed by atoms with Crippen molar-refractivity contribution < 1.29 is 21.6 Å². The van der Waals surface area contributed by atoms with E-state index in [2.05, 4.69) is 15.6 Å². The minimum atomic E-state index is -3.70. The van der Waals surface area contributed by atoms with Gasteiger partial charge >= 0.3 is 0 Å². The third-order valence-electron chi connectivity index (χ3n) is 10.2. The number of carbonyl (C=O) groups excluding carboxylic acids is 1. The first-order chi connectivity index (χ1) is 27.2. The molecule has 0 amide bonds. The summed E-state index contributed by atoms with van der Waals surface area (Å²) in [5.41, 5.74) is 10.1. The van der Waals surface area contributed by atoms with Crippen molar-refractivity contribution in [3.63, 3.8) is 0 Å². The van der Waals surface area contributed by atoms with E-state index in [-0.39, 0.29) is 11.4 Å². The van der Waals surface area contributed by atoms with E-state index in [0.29, 0.717) is 62.6 Å². The lowest BCUT2D eigenvalue weighted by Gasteiger charge is -2.16. The van der Waals surface area contributed by atoms with Gasteiger partial charge in [0.2, 0.25) is 20.0 Å². The summed E-state index contributed by atoms with van der Waals surface area (Å²) in [5, 5.41) is 6.84. The maximum absolute atomic E-state index is 13.3. The zero-order chi connectivity index (χ0) is 38.7. The summed E-state index contributed by atoms with van der Waals surface area (Å²) >= 11 is 0. The fourth-order valence-corrected chi connectivity index (χ4v) is 9.85. The topological polar surface area (TPSA) is 142 Å². The standard InChI is InChI=1S/C43H40N6O5S2/c50-30-32-10-18-43(19-11-32)56(53,54)49-28-37-13-12-33(20-38(37)29-49)34-14-15-39(46-22-34)23-45-25-41-7-3-6-40(47-41)24-44-21-31-8-16-42(17-9-31)55(51,52)48-26-35-4-1-2-5-36(35)27-48/h1-20,22,30,44-45H,21,23-29H2. The van der Waals surface area contributed by atoms with Gasteiger partial charge in [0, 0.05) is 69.7 Å². The Bertz CT molecular complexity index is 2580. The molecule has 2 aliphatic rings. The molecule has 13 heteroatoms. The lowest BCUT2D eigenvalue weighted by atomic mass is 10.0. The van der Waals surface area contributed by atoms with Gasteiger partial charge in [0.05, 0.1) is 26.9 Å². The molecule has 0 spiro atoms. The van der Waals surface area contributed by atoms with Crippen LogP contribution in [0, 0.1) is 0 Å². The number of aldehydes is 1. The number of hydrogen-bond donors (Lipinski definition) is 2. The number of benzene rings is 4. The van der Waals surface area contributed by atoms with Crippen molar-refractivity contribution in [1.29, 1.82) is 0 Å². The van der Waals surface area contributed by atoms with Crippen molar-refractivity contribution in [3.8, 4) is 11.1 Å². The van der Waals surface area contributed by atoms with Crippen LogP contribution in [-0.2, 0) is 72.4 Å². The SMILES string of the molecule is O=Cc1ccc(S(=O)(=O)N2Cc3ccc(-c4ccc(CNCc5cccc(CNCc6ccc(S(=O)(=O)N7Cc8ccccc8C7)cc6)n5)nc4)cc3C2)cc1. The second-order valence-electron chi connectivity index (χ2n) is 14.0. The van der Waals surface area contributed by atoms with Crippen molar-refractivity contribution in [3.05, 3.63) is 178 Å². The Morgan fingerprint density at radius 2 is 1.07 bits per heavy atom. The van der Waals surface area contributed by atoms with Crippen LogP contribution in [0.25, 0.3) is 11.1 Å². The first-order valence-electron chi connectivity index (χ1n) is 18.3. The summed E-state index contributed by atoms with van der Waals surface area (Å²) in [6.07, 6.45) is 2.53. The molecule has 0 aliphatic carbocycles. The smallest absolute Gasteiger partial charge is 0.243 e. The summed E-state index contributed by atoms with van der Waals surface area (Å²) in [5.74, 6) is 0. The van der Waals surface area contributed by atoms with Crippen LogP contribution in [0.3, 0.4) is 0 Å². The molecular formula is C43H40N6O5S2. The fourth-order valence-electron chi connectivity index (χ4n) is 7.06. The molecule has 11 nitrogen and oxygen atoms in total. The summed E-state index contributed by atoms with van der Waals surface area (Å²) < 4.78 is 56.0. The molecule has 56 heavy (non-hydrogen) atoms. The molecule has 0 saturated carbocycles. The van der Waals surface area contributed by atoms with Crippen LogP contribution >= 0.6 is 0 Å². The molecule has 0 saturated heterocycles. The Kier molecular flexibility index (Phi) is 10.7. The lowest BCUT2D eigenvalue weighted by molar-refractivity contribution is 0.112. The van der Waals surface area contributed by atoms with E-state index in [4.69, 9.17) is 4.98 Å². The highest BCUT2D eigenvalue weighted by molar-refractivity contribution is 7.89. The number of hydrogen-bond acceptors (Lipinski definition) is 9. The van der Waals surface area contributed by atoms with Gasteiger partial charge in [-0.05, 0) is 81.9 Å². The van der Waals surface area contributed by atoms with Crippen LogP contribution in [-0.4, -0.2) is 41.7 Å². The molecule has 0 radical (unpaired) electrons. The van der Waals surface area contributed by atoms with E-state index >= 15 is 0 Å². The minimum Gasteiger partial charge on any atom is -0.307 e. The number of nitrogens with zero attached hydrogens (tertiary/aromatic N) is 4. The summed E-state index contributed by atoms with van der Waals surface area (Å²) in [6.45, 7) is 3.64. The summed E-state index contributed by atoms with van der Waals surface area (Å²) in [6, 6.07) is 36.8. The van der Waals surface area contributed by atoms with Crippen LogP contribution in [0.15, 0.2) is 137 Å². The molecule has 0 fully saturated rings. The van der Waals surface area contributed by atoms with Gasteiger partial charge in [-0.25, -0.2) is 16.8 Å². The number of aromatic nitrogens is 2. The highest BCUT2D eigenvalue weighted by Crippen LogP contribution is 2.32. The van der Waals surface area contributed by atoms with Crippen LogP contribution in [0.4, 0.5) is 0 Å².